The molecule has 1 aromatic heterocycles. The van der Waals surface area contributed by atoms with Gasteiger partial charge in [0.2, 0.25) is 0 Å². The van der Waals surface area contributed by atoms with Crippen molar-refractivity contribution in [1.29, 1.82) is 0 Å². The average Bonchev–Trinajstić information content (AvgIpc) is 4.07. The Morgan fingerprint density at radius 1 is 0.319 bits per heavy atom. The van der Waals surface area contributed by atoms with E-state index in [1.807, 2.05) is 29.6 Å². The summed E-state index contributed by atoms with van der Waals surface area (Å²) in [5, 5.41) is 2.27. The molecule has 0 N–H and O–H groups in total. The lowest BCUT2D eigenvalue weighted by atomic mass is 9.67. The maximum absolute atomic E-state index is 6.40. The number of rotatable bonds is 4. The van der Waals surface area contributed by atoms with Gasteiger partial charge in [0.25, 0.3) is 0 Å². The fraction of sp³-hybridized carbons (Fsp3) is 0.0294. The summed E-state index contributed by atoms with van der Waals surface area (Å²) in [7, 11) is 0. The second kappa shape index (κ2) is 15.1. The molecule has 4 aliphatic rings. The van der Waals surface area contributed by atoms with Gasteiger partial charge >= 0.3 is 0 Å². The zero-order valence-electron chi connectivity index (χ0n) is 38.8. The lowest BCUT2D eigenvalue weighted by Crippen LogP contribution is -2.32. The van der Waals surface area contributed by atoms with Crippen LogP contribution in [0.5, 0.6) is 0 Å². The van der Waals surface area contributed by atoms with Crippen molar-refractivity contribution in [3.05, 3.63) is 293 Å². The molecule has 0 unspecified atom stereocenters. The van der Waals surface area contributed by atoms with Crippen LogP contribution in [-0.2, 0) is 10.8 Å². The molecule has 0 atom stereocenters. The Balaban J connectivity index is 0.978. The van der Waals surface area contributed by atoms with E-state index >= 15 is 0 Å². The van der Waals surface area contributed by atoms with Gasteiger partial charge in [0.05, 0.1) is 16.5 Å². The van der Waals surface area contributed by atoms with E-state index in [1.165, 1.54) is 86.3 Å². The monoisotopic (exact) mass is 951 g/mol. The van der Waals surface area contributed by atoms with Crippen LogP contribution in [0, 0.1) is 0 Å². The molecule has 2 aliphatic heterocycles. The number of hydrogen-bond acceptors (Lipinski definition) is 4. The number of furan rings is 1. The molecule has 12 aromatic rings. The largest absolute Gasteiger partial charge is 0.456 e. The smallest absolute Gasteiger partial charge is 0.136 e. The highest BCUT2D eigenvalue weighted by Gasteiger charge is 2.52. The summed E-state index contributed by atoms with van der Waals surface area (Å²) in [6.07, 6.45) is 0. The lowest BCUT2D eigenvalue weighted by molar-refractivity contribution is 0.669. The Hall–Kier alpha value is -8.28. The molecule has 16 rings (SSSR count). The van der Waals surface area contributed by atoms with Crippen LogP contribution < -0.4 is 4.90 Å². The van der Waals surface area contributed by atoms with Gasteiger partial charge in [-0.2, -0.15) is 0 Å². The second-order valence-electron chi connectivity index (χ2n) is 19.4. The zero-order valence-corrected chi connectivity index (χ0v) is 40.5. The summed E-state index contributed by atoms with van der Waals surface area (Å²) in [6.45, 7) is 0. The van der Waals surface area contributed by atoms with Crippen molar-refractivity contribution in [2.75, 3.05) is 4.90 Å². The molecule has 0 radical (unpaired) electrons. The number of anilines is 3. The quantitative estimate of drug-likeness (QED) is 0.175. The second-order valence-corrected chi connectivity index (χ2v) is 21.5. The first-order chi connectivity index (χ1) is 35.7. The number of hydrogen-bond donors (Lipinski definition) is 0. The van der Waals surface area contributed by atoms with E-state index in [4.69, 9.17) is 4.42 Å². The molecule has 336 valence electrons. The third-order valence-corrected chi connectivity index (χ3v) is 18.3. The van der Waals surface area contributed by atoms with Crippen LogP contribution in [0.2, 0.25) is 0 Å². The zero-order chi connectivity index (χ0) is 47.1. The summed E-state index contributed by atoms with van der Waals surface area (Å²) in [4.78, 5) is 7.74. The number of nitrogens with zero attached hydrogens (tertiary/aromatic N) is 1. The minimum absolute atomic E-state index is 0.515. The molecule has 72 heavy (non-hydrogen) atoms. The highest BCUT2D eigenvalue weighted by molar-refractivity contribution is 7.99. The molecule has 0 saturated carbocycles. The Labute approximate surface area is 426 Å². The molecule has 3 heterocycles. The molecular formula is C68H41NOS2. The van der Waals surface area contributed by atoms with Crippen LogP contribution >= 0.6 is 23.5 Å². The van der Waals surface area contributed by atoms with Gasteiger partial charge < -0.3 is 9.32 Å². The first-order valence-electron chi connectivity index (χ1n) is 24.7. The first kappa shape index (κ1) is 40.4. The van der Waals surface area contributed by atoms with Crippen LogP contribution in [0.15, 0.2) is 273 Å². The van der Waals surface area contributed by atoms with Gasteiger partial charge in [-0.05, 0) is 139 Å². The third-order valence-electron chi connectivity index (χ3n) is 16.0. The van der Waals surface area contributed by atoms with Gasteiger partial charge in [0, 0.05) is 47.3 Å². The summed E-state index contributed by atoms with van der Waals surface area (Å²) in [5.74, 6) is 0. The van der Waals surface area contributed by atoms with Crippen LogP contribution in [-0.4, -0.2) is 0 Å². The van der Waals surface area contributed by atoms with Crippen molar-refractivity contribution in [2.45, 2.75) is 30.4 Å². The Kier molecular flexibility index (Phi) is 8.49. The van der Waals surface area contributed by atoms with Gasteiger partial charge in [-0.25, -0.2) is 0 Å². The molecular weight excluding hydrogens is 911 g/mol. The minimum Gasteiger partial charge on any atom is -0.456 e. The predicted molar refractivity (Wildman–Crippen MR) is 297 cm³/mol. The van der Waals surface area contributed by atoms with Gasteiger partial charge in [0.15, 0.2) is 0 Å². The van der Waals surface area contributed by atoms with E-state index in [9.17, 15) is 0 Å². The maximum atomic E-state index is 6.40. The molecule has 2 aliphatic carbocycles. The molecule has 2 nitrogen and oxygen atoms in total. The van der Waals surface area contributed by atoms with Gasteiger partial charge in [0.1, 0.15) is 11.2 Å². The van der Waals surface area contributed by atoms with Crippen molar-refractivity contribution in [1.82, 2.24) is 0 Å². The third kappa shape index (κ3) is 5.27. The van der Waals surface area contributed by atoms with E-state index < -0.39 is 10.8 Å². The summed E-state index contributed by atoms with van der Waals surface area (Å²) in [6, 6.07) is 93.1. The molecule has 0 bridgehead atoms. The van der Waals surface area contributed by atoms with E-state index in [0.717, 1.165) is 50.1 Å². The van der Waals surface area contributed by atoms with E-state index in [2.05, 4.69) is 248 Å². The highest BCUT2D eigenvalue weighted by atomic mass is 32.2. The topological polar surface area (TPSA) is 16.4 Å². The minimum atomic E-state index is -0.523. The van der Waals surface area contributed by atoms with E-state index in [-0.39, 0.29) is 0 Å². The summed E-state index contributed by atoms with van der Waals surface area (Å²) in [5.41, 5.74) is 22.1. The Morgan fingerprint density at radius 2 is 0.778 bits per heavy atom. The van der Waals surface area contributed by atoms with Gasteiger partial charge in [-0.15, -0.1) is 0 Å². The normalized spacial score (nSPS) is 14.5. The van der Waals surface area contributed by atoms with Crippen molar-refractivity contribution >= 4 is 62.5 Å². The van der Waals surface area contributed by atoms with Crippen molar-refractivity contribution in [3.8, 4) is 33.4 Å². The van der Waals surface area contributed by atoms with E-state index in [1.54, 1.807) is 0 Å². The maximum Gasteiger partial charge on any atom is 0.136 e. The highest BCUT2D eigenvalue weighted by Crippen LogP contribution is 2.66. The van der Waals surface area contributed by atoms with Crippen molar-refractivity contribution < 1.29 is 4.42 Å². The van der Waals surface area contributed by atoms with Crippen LogP contribution in [0.25, 0.3) is 55.3 Å². The van der Waals surface area contributed by atoms with Crippen LogP contribution in [0.1, 0.15) is 44.5 Å². The average molecular weight is 952 g/mol. The molecule has 4 heteroatoms. The van der Waals surface area contributed by atoms with Gasteiger partial charge in [-0.3, -0.25) is 0 Å². The number of benzene rings is 11. The molecule has 0 fully saturated rings. The van der Waals surface area contributed by atoms with Gasteiger partial charge in [-0.1, -0.05) is 206 Å². The summed E-state index contributed by atoms with van der Waals surface area (Å²) >= 11 is 3.78. The van der Waals surface area contributed by atoms with Crippen LogP contribution in [0.4, 0.5) is 17.1 Å². The Morgan fingerprint density at radius 3 is 1.43 bits per heavy atom. The van der Waals surface area contributed by atoms with Crippen molar-refractivity contribution in [3.63, 3.8) is 0 Å². The fourth-order valence-corrected chi connectivity index (χ4v) is 15.7. The van der Waals surface area contributed by atoms with Crippen LogP contribution in [0.3, 0.4) is 0 Å². The predicted octanol–water partition coefficient (Wildman–Crippen LogP) is 18.4. The fourth-order valence-electron chi connectivity index (χ4n) is 13.3. The SMILES string of the molecule is c1ccc2c(c1)Sc1ccccc1C21c2ccccc2-c2ccc(N(c3ccc(-c4cccc5oc6ccccc6c45)cc3)c3cccc4c3-c3ccccc3C43c4ccccc4Sc4ccccc43)cc21. The first-order valence-corrected chi connectivity index (χ1v) is 26.4. The number of fused-ring (bicyclic) bond motifs is 21. The Bertz CT molecular complexity index is 4170. The molecule has 11 aromatic carbocycles. The molecule has 0 amide bonds. The number of para-hydroxylation sites is 1. The van der Waals surface area contributed by atoms with E-state index in [0.29, 0.717) is 0 Å². The van der Waals surface area contributed by atoms with Crippen molar-refractivity contribution in [2.24, 2.45) is 0 Å². The molecule has 2 spiro atoms. The lowest BCUT2D eigenvalue weighted by Gasteiger charge is -2.40. The standard InChI is InChI=1S/C68H41NOS2/c1-4-21-50-46(17-1)47-40-39-44(41-57(47)68(50)54-25-8-13-33-63(54)72-64-34-14-9-26-55(64)68)69(43-37-35-42(36-38-43)45-20-15-30-60-65(45)49-19-3-10-29-59(49)70-60)58-28-16-27-56-66(58)48-18-2-5-22-51(48)67(56)52-23-6-11-31-61(52)71-62-32-12-7-24-53(62)67/h1-41H. The summed E-state index contributed by atoms with van der Waals surface area (Å²) < 4.78 is 6.40. The molecule has 0 saturated heterocycles.